The lowest BCUT2D eigenvalue weighted by atomic mass is 10.3. The number of hydrogen-bond acceptors (Lipinski definition) is 4. The number of nitrogens with zero attached hydrogens (tertiary/aromatic N) is 3. The molecule has 0 aliphatic rings. The van der Waals surface area contributed by atoms with Crippen LogP contribution in [0.15, 0.2) is 37.1 Å². The minimum Gasteiger partial charge on any atom is -0.387 e. The van der Waals surface area contributed by atoms with E-state index in [9.17, 15) is 4.79 Å². The van der Waals surface area contributed by atoms with Crippen LogP contribution in [0.2, 0.25) is 0 Å². The van der Waals surface area contributed by atoms with Gasteiger partial charge in [0, 0.05) is 32.5 Å². The van der Waals surface area contributed by atoms with Gasteiger partial charge in [0.1, 0.15) is 5.69 Å². The third-order valence-electron chi connectivity index (χ3n) is 2.72. The highest BCUT2D eigenvalue weighted by Gasteiger charge is 2.05. The molecule has 2 rings (SSSR count). The van der Waals surface area contributed by atoms with Crippen LogP contribution in [-0.2, 0) is 6.54 Å². The Kier molecular flexibility index (Phi) is 4.49. The zero-order valence-electron chi connectivity index (χ0n) is 10.8. The number of nitrogens with one attached hydrogen (secondary N) is 2. The normalized spacial score (nSPS) is 10.2. The zero-order valence-corrected chi connectivity index (χ0v) is 10.8. The van der Waals surface area contributed by atoms with Gasteiger partial charge in [0.25, 0.3) is 5.91 Å². The second-order valence-electron chi connectivity index (χ2n) is 4.09. The van der Waals surface area contributed by atoms with Crippen molar-refractivity contribution in [2.45, 2.75) is 13.0 Å². The fraction of sp³-hybridized carbons (Fsp3) is 0.308. The van der Waals surface area contributed by atoms with Crippen LogP contribution >= 0.6 is 0 Å². The summed E-state index contributed by atoms with van der Waals surface area (Å²) in [5.41, 5.74) is 1.32. The van der Waals surface area contributed by atoms with Crippen molar-refractivity contribution in [3.8, 4) is 0 Å². The highest BCUT2D eigenvalue weighted by Crippen LogP contribution is 2.04. The number of imidazole rings is 1. The van der Waals surface area contributed by atoms with Crippen molar-refractivity contribution >= 4 is 11.6 Å². The van der Waals surface area contributed by atoms with Gasteiger partial charge < -0.3 is 15.2 Å². The van der Waals surface area contributed by atoms with Crippen LogP contribution in [0, 0.1) is 0 Å². The molecule has 6 nitrogen and oxygen atoms in total. The summed E-state index contributed by atoms with van der Waals surface area (Å²) in [5, 5.41) is 5.80. The molecular weight excluding hydrogens is 242 g/mol. The van der Waals surface area contributed by atoms with Crippen LogP contribution in [0.5, 0.6) is 0 Å². The number of amides is 1. The average molecular weight is 259 g/mol. The largest absolute Gasteiger partial charge is 0.387 e. The van der Waals surface area contributed by atoms with Gasteiger partial charge >= 0.3 is 0 Å². The molecule has 2 aromatic rings. The Bertz CT molecular complexity index is 506. The first-order valence-electron chi connectivity index (χ1n) is 6.17. The Hall–Kier alpha value is -2.37. The van der Waals surface area contributed by atoms with Gasteiger partial charge in [0.15, 0.2) is 0 Å². The van der Waals surface area contributed by atoms with Crippen molar-refractivity contribution in [2.24, 2.45) is 0 Å². The highest BCUT2D eigenvalue weighted by molar-refractivity contribution is 5.92. The molecule has 1 amide bonds. The number of aryl methyl sites for hydroxylation is 1. The molecule has 0 aromatic carbocycles. The van der Waals surface area contributed by atoms with E-state index < -0.39 is 0 Å². The Labute approximate surface area is 111 Å². The number of carbonyl (C=O) groups is 1. The predicted molar refractivity (Wildman–Crippen MR) is 73.0 cm³/mol. The summed E-state index contributed by atoms with van der Waals surface area (Å²) < 4.78 is 1.98. The molecule has 0 aliphatic heterocycles. The summed E-state index contributed by atoms with van der Waals surface area (Å²) in [7, 11) is 1.81. The fourth-order valence-electron chi connectivity index (χ4n) is 1.65. The van der Waals surface area contributed by atoms with Gasteiger partial charge in [-0.25, -0.2) is 9.97 Å². The summed E-state index contributed by atoms with van der Waals surface area (Å²) in [6, 6.07) is 3.53. The predicted octanol–water partition coefficient (Wildman–Crippen LogP) is 1.14. The van der Waals surface area contributed by atoms with Gasteiger partial charge in [-0.2, -0.15) is 0 Å². The van der Waals surface area contributed by atoms with E-state index in [0.29, 0.717) is 12.2 Å². The van der Waals surface area contributed by atoms with E-state index in [0.717, 1.165) is 18.7 Å². The first-order valence-corrected chi connectivity index (χ1v) is 6.17. The molecule has 6 heteroatoms. The lowest BCUT2D eigenvalue weighted by Crippen LogP contribution is -2.26. The van der Waals surface area contributed by atoms with Crippen molar-refractivity contribution in [2.75, 3.05) is 18.9 Å². The number of pyridine rings is 1. The molecule has 0 atom stereocenters. The van der Waals surface area contributed by atoms with Crippen LogP contribution in [0.25, 0.3) is 0 Å². The Morgan fingerprint density at radius 2 is 2.32 bits per heavy atom. The van der Waals surface area contributed by atoms with Crippen molar-refractivity contribution in [1.29, 1.82) is 0 Å². The van der Waals surface area contributed by atoms with Gasteiger partial charge in [0.2, 0.25) is 0 Å². The van der Waals surface area contributed by atoms with Crippen molar-refractivity contribution in [3.05, 3.63) is 42.7 Å². The second kappa shape index (κ2) is 6.53. The smallest absolute Gasteiger partial charge is 0.269 e. The molecule has 19 heavy (non-hydrogen) atoms. The average Bonchev–Trinajstić information content (AvgIpc) is 2.96. The van der Waals surface area contributed by atoms with Crippen LogP contribution < -0.4 is 10.6 Å². The van der Waals surface area contributed by atoms with E-state index >= 15 is 0 Å². The summed E-state index contributed by atoms with van der Waals surface area (Å²) in [5.74, 6) is -0.145. The molecule has 0 saturated carbocycles. The molecule has 2 N–H and O–H groups in total. The lowest BCUT2D eigenvalue weighted by molar-refractivity contribution is 0.0948. The summed E-state index contributed by atoms with van der Waals surface area (Å²) in [6.07, 6.45) is 7.91. The molecule has 0 radical (unpaired) electrons. The number of rotatable bonds is 6. The Morgan fingerprint density at radius 3 is 2.95 bits per heavy atom. The molecule has 2 aromatic heterocycles. The zero-order chi connectivity index (χ0) is 13.5. The molecule has 0 spiro atoms. The van der Waals surface area contributed by atoms with Crippen LogP contribution in [0.3, 0.4) is 0 Å². The molecule has 0 fully saturated rings. The third-order valence-corrected chi connectivity index (χ3v) is 2.72. The topological polar surface area (TPSA) is 71.8 Å². The second-order valence-corrected chi connectivity index (χ2v) is 4.09. The number of anilines is 1. The quantitative estimate of drug-likeness (QED) is 0.763. The standard InChI is InChI=1S/C13H17N5O/c1-14-11-3-4-12(17-9-11)13(19)16-5-2-7-18-8-6-15-10-18/h3-4,6,8-10,14H,2,5,7H2,1H3,(H,16,19). The van der Waals surface area contributed by atoms with Gasteiger partial charge in [-0.05, 0) is 18.6 Å². The molecule has 2 heterocycles. The van der Waals surface area contributed by atoms with Crippen molar-refractivity contribution in [3.63, 3.8) is 0 Å². The Balaban J connectivity index is 1.74. The van der Waals surface area contributed by atoms with Gasteiger partial charge in [-0.15, -0.1) is 0 Å². The first-order chi connectivity index (χ1) is 9.29. The maximum absolute atomic E-state index is 11.8. The number of aromatic nitrogens is 3. The molecular formula is C13H17N5O. The SMILES string of the molecule is CNc1ccc(C(=O)NCCCn2ccnc2)nc1. The van der Waals surface area contributed by atoms with E-state index in [1.54, 1.807) is 24.8 Å². The van der Waals surface area contributed by atoms with Crippen LogP contribution in [0.1, 0.15) is 16.9 Å². The maximum Gasteiger partial charge on any atom is 0.269 e. The van der Waals surface area contributed by atoms with E-state index in [4.69, 9.17) is 0 Å². The van der Waals surface area contributed by atoms with E-state index in [1.165, 1.54) is 0 Å². The number of carbonyl (C=O) groups excluding carboxylic acids is 1. The monoisotopic (exact) mass is 259 g/mol. The lowest BCUT2D eigenvalue weighted by Gasteiger charge is -2.06. The van der Waals surface area contributed by atoms with Gasteiger partial charge in [0.05, 0.1) is 18.2 Å². The molecule has 0 unspecified atom stereocenters. The summed E-state index contributed by atoms with van der Waals surface area (Å²) in [4.78, 5) is 19.8. The summed E-state index contributed by atoms with van der Waals surface area (Å²) >= 11 is 0. The van der Waals surface area contributed by atoms with E-state index in [2.05, 4.69) is 20.6 Å². The number of hydrogen-bond donors (Lipinski definition) is 2. The molecule has 0 bridgehead atoms. The molecule has 0 aliphatic carbocycles. The van der Waals surface area contributed by atoms with E-state index in [-0.39, 0.29) is 5.91 Å². The van der Waals surface area contributed by atoms with E-state index in [1.807, 2.05) is 23.9 Å². The highest BCUT2D eigenvalue weighted by atomic mass is 16.1. The molecule has 0 saturated heterocycles. The first kappa shape index (κ1) is 13.1. The Morgan fingerprint density at radius 1 is 1.42 bits per heavy atom. The molecule has 100 valence electrons. The fourth-order valence-corrected chi connectivity index (χ4v) is 1.65. The third kappa shape index (κ3) is 3.80. The van der Waals surface area contributed by atoms with Crippen molar-refractivity contribution in [1.82, 2.24) is 19.9 Å². The van der Waals surface area contributed by atoms with Crippen LogP contribution in [-0.4, -0.2) is 34.0 Å². The maximum atomic E-state index is 11.8. The minimum atomic E-state index is -0.145. The van der Waals surface area contributed by atoms with Crippen molar-refractivity contribution < 1.29 is 4.79 Å². The van der Waals surface area contributed by atoms with Crippen LogP contribution in [0.4, 0.5) is 5.69 Å². The minimum absolute atomic E-state index is 0.145. The van der Waals surface area contributed by atoms with Gasteiger partial charge in [-0.1, -0.05) is 0 Å². The summed E-state index contributed by atoms with van der Waals surface area (Å²) in [6.45, 7) is 1.46. The van der Waals surface area contributed by atoms with Gasteiger partial charge in [-0.3, -0.25) is 4.79 Å².